The fourth-order valence-corrected chi connectivity index (χ4v) is 3.77. The number of sulfonamides is 1. The number of carbonyl (C=O) groups is 1. The molecule has 1 aromatic heterocycles. The molecule has 112 valence electrons. The van der Waals surface area contributed by atoms with Gasteiger partial charge in [-0.05, 0) is 19.9 Å². The summed E-state index contributed by atoms with van der Waals surface area (Å²) in [4.78, 5) is 11.4. The Hall–Kier alpha value is -1.38. The summed E-state index contributed by atoms with van der Waals surface area (Å²) in [5.41, 5.74) is 0. The molecule has 0 spiro atoms. The first-order valence-electron chi connectivity index (χ1n) is 6.25. The first-order chi connectivity index (χ1) is 9.37. The first-order valence-corrected chi connectivity index (χ1v) is 7.69. The van der Waals surface area contributed by atoms with Gasteiger partial charge in [-0.3, -0.25) is 0 Å². The fourth-order valence-electron chi connectivity index (χ4n) is 2.22. The normalized spacial score (nSPS) is 19.5. The minimum atomic E-state index is -3.68. The number of ether oxygens (including phenoxy) is 1. The van der Waals surface area contributed by atoms with E-state index in [4.69, 9.17) is 4.42 Å². The van der Waals surface area contributed by atoms with Crippen LogP contribution in [0.4, 0.5) is 0 Å². The van der Waals surface area contributed by atoms with Gasteiger partial charge in [-0.2, -0.15) is 4.31 Å². The van der Waals surface area contributed by atoms with Gasteiger partial charge in [0.2, 0.25) is 15.8 Å². The average molecular weight is 302 g/mol. The minimum absolute atomic E-state index is 0.00676. The monoisotopic (exact) mass is 302 g/mol. The molecule has 1 aliphatic rings. The lowest BCUT2D eigenvalue weighted by atomic mass is 10.3. The molecule has 1 N–H and O–H groups in total. The number of hydrogen-bond donors (Lipinski definition) is 1. The van der Waals surface area contributed by atoms with E-state index in [1.807, 2.05) is 0 Å². The van der Waals surface area contributed by atoms with Crippen LogP contribution in [0.25, 0.3) is 0 Å². The molecule has 1 fully saturated rings. The maximum atomic E-state index is 12.6. The van der Waals surface area contributed by atoms with E-state index in [1.165, 1.54) is 31.5 Å². The molecule has 1 aliphatic heterocycles. The summed E-state index contributed by atoms with van der Waals surface area (Å²) in [5, 5.41) is 3.12. The van der Waals surface area contributed by atoms with E-state index in [-0.39, 0.29) is 22.5 Å². The smallest absolute Gasteiger partial charge is 0.373 e. The zero-order valence-corrected chi connectivity index (χ0v) is 12.5. The number of nitrogens with zero attached hydrogens (tertiary/aromatic N) is 1. The van der Waals surface area contributed by atoms with Crippen molar-refractivity contribution in [3.05, 3.63) is 17.6 Å². The highest BCUT2D eigenvalue weighted by Crippen LogP contribution is 2.25. The predicted molar refractivity (Wildman–Crippen MR) is 71.0 cm³/mol. The van der Waals surface area contributed by atoms with Crippen molar-refractivity contribution in [3.8, 4) is 0 Å². The summed E-state index contributed by atoms with van der Waals surface area (Å²) in [6, 6.07) is 1.13. The summed E-state index contributed by atoms with van der Waals surface area (Å²) < 4.78 is 36.1. The van der Waals surface area contributed by atoms with E-state index in [2.05, 4.69) is 10.1 Å². The van der Waals surface area contributed by atoms with E-state index < -0.39 is 16.0 Å². The maximum absolute atomic E-state index is 12.6. The number of nitrogens with one attached hydrogen (secondary N) is 1. The van der Waals surface area contributed by atoms with Gasteiger partial charge in [0, 0.05) is 25.7 Å². The molecular weight excluding hydrogens is 284 g/mol. The molecule has 20 heavy (non-hydrogen) atoms. The third-order valence-electron chi connectivity index (χ3n) is 3.46. The molecule has 8 heteroatoms. The molecular formula is C12H18N2O5S. The third kappa shape index (κ3) is 2.58. The lowest BCUT2D eigenvalue weighted by Crippen LogP contribution is -2.38. The van der Waals surface area contributed by atoms with Crippen LogP contribution in [0, 0.1) is 6.92 Å². The molecule has 1 unspecified atom stereocenters. The van der Waals surface area contributed by atoms with Crippen molar-refractivity contribution < 1.29 is 22.4 Å². The molecule has 0 saturated carbocycles. The molecule has 0 amide bonds. The zero-order valence-electron chi connectivity index (χ0n) is 11.7. The average Bonchev–Trinajstić information content (AvgIpc) is 3.06. The predicted octanol–water partition coefficient (Wildman–Crippen LogP) is 0.357. The maximum Gasteiger partial charge on any atom is 0.373 e. The van der Waals surface area contributed by atoms with E-state index in [1.54, 1.807) is 0 Å². The quantitative estimate of drug-likeness (QED) is 0.808. The van der Waals surface area contributed by atoms with Crippen LogP contribution in [0.3, 0.4) is 0 Å². The van der Waals surface area contributed by atoms with Crippen molar-refractivity contribution in [2.24, 2.45) is 0 Å². The molecule has 2 rings (SSSR count). The second-order valence-electron chi connectivity index (χ2n) is 4.69. The number of furan rings is 1. The Morgan fingerprint density at radius 3 is 2.80 bits per heavy atom. The third-order valence-corrected chi connectivity index (χ3v) is 5.48. The Bertz CT molecular complexity index is 601. The molecule has 2 heterocycles. The van der Waals surface area contributed by atoms with Crippen molar-refractivity contribution in [1.82, 2.24) is 9.62 Å². The molecule has 7 nitrogen and oxygen atoms in total. The number of carbonyl (C=O) groups excluding carboxylic acids is 1. The van der Waals surface area contributed by atoms with Gasteiger partial charge in [0.1, 0.15) is 10.7 Å². The SMILES string of the molecule is COC(=O)c1cc(S(=O)(=O)N(C)C2CCNC2)c(C)o1. The van der Waals surface area contributed by atoms with Gasteiger partial charge in [-0.25, -0.2) is 13.2 Å². The molecule has 0 radical (unpaired) electrons. The van der Waals surface area contributed by atoms with Gasteiger partial charge < -0.3 is 14.5 Å². The van der Waals surface area contributed by atoms with Crippen molar-refractivity contribution in [2.75, 3.05) is 27.2 Å². The van der Waals surface area contributed by atoms with Gasteiger partial charge in [-0.15, -0.1) is 0 Å². The van der Waals surface area contributed by atoms with Gasteiger partial charge in [0.05, 0.1) is 7.11 Å². The Kier molecular flexibility index (Phi) is 4.17. The standard InChI is InChI=1S/C12H18N2O5S/c1-8-11(6-10(19-8)12(15)18-3)20(16,17)14(2)9-4-5-13-7-9/h6,9,13H,4-5,7H2,1-3H3. The number of methoxy groups -OCH3 is 1. The van der Waals surface area contributed by atoms with Crippen LogP contribution in [0.15, 0.2) is 15.4 Å². The second-order valence-corrected chi connectivity index (χ2v) is 6.66. The Balaban J connectivity index is 2.33. The molecule has 0 aromatic carbocycles. The van der Waals surface area contributed by atoms with Crippen molar-refractivity contribution in [3.63, 3.8) is 0 Å². The van der Waals surface area contributed by atoms with E-state index in [0.717, 1.165) is 13.0 Å². The Morgan fingerprint density at radius 1 is 1.55 bits per heavy atom. The zero-order chi connectivity index (χ0) is 14.9. The van der Waals surface area contributed by atoms with Gasteiger partial charge in [0.15, 0.2) is 0 Å². The molecule has 0 aliphatic carbocycles. The van der Waals surface area contributed by atoms with Crippen LogP contribution < -0.4 is 5.32 Å². The Labute approximate surface area is 117 Å². The summed E-state index contributed by atoms with van der Waals surface area (Å²) in [7, 11) is -0.930. The van der Waals surface area contributed by atoms with Gasteiger partial charge in [0.25, 0.3) is 0 Å². The number of rotatable bonds is 4. The fraction of sp³-hybridized carbons (Fsp3) is 0.583. The highest BCUT2D eigenvalue weighted by molar-refractivity contribution is 7.89. The lowest BCUT2D eigenvalue weighted by Gasteiger charge is -2.22. The van der Waals surface area contributed by atoms with Crippen LogP contribution in [0.2, 0.25) is 0 Å². The van der Waals surface area contributed by atoms with Crippen molar-refractivity contribution in [2.45, 2.75) is 24.3 Å². The van der Waals surface area contributed by atoms with Crippen molar-refractivity contribution in [1.29, 1.82) is 0 Å². The first kappa shape index (κ1) is 15.0. The molecule has 1 saturated heterocycles. The second kappa shape index (κ2) is 5.55. The summed E-state index contributed by atoms with van der Waals surface area (Å²) in [6.45, 7) is 2.93. The highest BCUT2D eigenvalue weighted by Gasteiger charge is 2.33. The summed E-state index contributed by atoms with van der Waals surface area (Å²) in [6.07, 6.45) is 0.760. The van der Waals surface area contributed by atoms with Crippen LogP contribution in [-0.2, 0) is 14.8 Å². The minimum Gasteiger partial charge on any atom is -0.463 e. The molecule has 1 aromatic rings. The van der Waals surface area contributed by atoms with Gasteiger partial charge in [-0.1, -0.05) is 0 Å². The highest BCUT2D eigenvalue weighted by atomic mass is 32.2. The van der Waals surface area contributed by atoms with Crippen LogP contribution >= 0.6 is 0 Å². The lowest BCUT2D eigenvalue weighted by molar-refractivity contribution is 0.0563. The topological polar surface area (TPSA) is 88.9 Å². The number of hydrogen-bond acceptors (Lipinski definition) is 6. The largest absolute Gasteiger partial charge is 0.463 e. The van der Waals surface area contributed by atoms with Crippen LogP contribution in [0.5, 0.6) is 0 Å². The van der Waals surface area contributed by atoms with Crippen LogP contribution in [-0.4, -0.2) is 52.0 Å². The van der Waals surface area contributed by atoms with E-state index >= 15 is 0 Å². The Morgan fingerprint density at radius 2 is 2.25 bits per heavy atom. The molecule has 0 bridgehead atoms. The van der Waals surface area contributed by atoms with Crippen LogP contribution in [0.1, 0.15) is 22.7 Å². The van der Waals surface area contributed by atoms with E-state index in [0.29, 0.717) is 6.54 Å². The summed E-state index contributed by atoms with van der Waals surface area (Å²) in [5.74, 6) is -0.621. The number of likely N-dealkylation sites (N-methyl/N-ethyl adjacent to an activating group) is 1. The van der Waals surface area contributed by atoms with Gasteiger partial charge >= 0.3 is 5.97 Å². The van der Waals surface area contributed by atoms with E-state index in [9.17, 15) is 13.2 Å². The molecule has 1 atom stereocenters. The number of esters is 1. The summed E-state index contributed by atoms with van der Waals surface area (Å²) >= 11 is 0. The van der Waals surface area contributed by atoms with Crippen molar-refractivity contribution >= 4 is 16.0 Å². The number of aryl methyl sites for hydroxylation is 1.